The molecule has 12 heteroatoms. The van der Waals surface area contributed by atoms with Gasteiger partial charge in [0.25, 0.3) is 11.6 Å². The molecule has 2 aromatic carbocycles. The first-order valence-corrected chi connectivity index (χ1v) is 12.9. The summed E-state index contributed by atoms with van der Waals surface area (Å²) in [4.78, 5) is 49.7. The second kappa shape index (κ2) is 11.1. The van der Waals surface area contributed by atoms with Gasteiger partial charge in [-0.25, -0.2) is 4.79 Å². The van der Waals surface area contributed by atoms with E-state index >= 15 is 0 Å². The molecule has 0 spiro atoms. The number of esters is 1. The van der Waals surface area contributed by atoms with E-state index in [4.69, 9.17) is 4.74 Å². The van der Waals surface area contributed by atoms with Crippen LogP contribution in [0.25, 0.3) is 0 Å². The van der Waals surface area contributed by atoms with Gasteiger partial charge < -0.3 is 19.7 Å². The van der Waals surface area contributed by atoms with Crippen LogP contribution in [-0.4, -0.2) is 61.7 Å². The lowest BCUT2D eigenvalue weighted by atomic mass is 9.83. The van der Waals surface area contributed by atoms with Crippen LogP contribution in [0.4, 0.5) is 5.69 Å². The van der Waals surface area contributed by atoms with Gasteiger partial charge in [0, 0.05) is 24.1 Å². The Balaban J connectivity index is 1.45. The molecule has 1 saturated heterocycles. The van der Waals surface area contributed by atoms with Crippen LogP contribution in [0.15, 0.2) is 65.2 Å². The number of β-lactam (4-membered cyclic amide) rings is 1. The van der Waals surface area contributed by atoms with Gasteiger partial charge in [0.05, 0.1) is 29.5 Å². The fourth-order valence-corrected chi connectivity index (χ4v) is 5.71. The van der Waals surface area contributed by atoms with Crippen LogP contribution in [0.5, 0.6) is 0 Å². The Morgan fingerprint density at radius 1 is 1.22 bits per heavy atom. The zero-order valence-electron chi connectivity index (χ0n) is 19.9. The summed E-state index contributed by atoms with van der Waals surface area (Å²) in [6.07, 6.45) is -0.799. The summed E-state index contributed by atoms with van der Waals surface area (Å²) < 4.78 is 18.5. The molecule has 0 aromatic heterocycles. The highest BCUT2D eigenvalue weighted by Crippen LogP contribution is 2.45. The van der Waals surface area contributed by atoms with Gasteiger partial charge in [0.2, 0.25) is 5.91 Å². The third-order valence-corrected chi connectivity index (χ3v) is 7.77. The molecule has 2 aliphatic heterocycles. The number of nitro benzene ring substituents is 1. The lowest BCUT2D eigenvalue weighted by Crippen LogP contribution is -2.61. The summed E-state index contributed by atoms with van der Waals surface area (Å²) in [5.41, 5.74) is 0.737. The molecule has 2 N–H and O–H groups in total. The molecule has 37 heavy (non-hydrogen) atoms. The van der Waals surface area contributed by atoms with Crippen LogP contribution < -0.4 is 5.32 Å². The van der Waals surface area contributed by atoms with Crippen molar-refractivity contribution in [1.29, 1.82) is 0 Å². The van der Waals surface area contributed by atoms with Gasteiger partial charge in [-0.05, 0) is 47.9 Å². The lowest BCUT2D eigenvalue weighted by Gasteiger charge is -2.44. The second-order valence-electron chi connectivity index (χ2n) is 8.69. The number of fused-ring (bicyclic) bond motifs is 1. The monoisotopic (exact) mass is 527 g/mol. The van der Waals surface area contributed by atoms with Gasteiger partial charge in [0.15, 0.2) is 10.6 Å². The lowest BCUT2D eigenvalue weighted by molar-refractivity contribution is -0.384. The molecule has 11 nitrogen and oxygen atoms in total. The second-order valence-corrected chi connectivity index (χ2v) is 10.3. The van der Waals surface area contributed by atoms with E-state index in [1.165, 1.54) is 36.1 Å². The zero-order valence-corrected chi connectivity index (χ0v) is 20.7. The van der Waals surface area contributed by atoms with E-state index < -0.39 is 46.0 Å². The van der Waals surface area contributed by atoms with E-state index in [1.54, 1.807) is 30.3 Å². The Morgan fingerprint density at radius 3 is 2.51 bits per heavy atom. The summed E-state index contributed by atoms with van der Waals surface area (Å²) in [5.74, 6) is -2.33. The number of nitro groups is 1. The molecule has 0 saturated carbocycles. The first-order valence-electron chi connectivity index (χ1n) is 11.6. The van der Waals surface area contributed by atoms with Crippen molar-refractivity contribution < 1.29 is 33.7 Å². The number of hydrogen-bond acceptors (Lipinski definition) is 8. The van der Waals surface area contributed by atoms with Crippen molar-refractivity contribution >= 4 is 34.6 Å². The quantitative estimate of drug-likeness (QED) is 0.155. The molecular formula is C25H25N3O8S. The molecule has 0 radical (unpaired) electrons. The third-order valence-electron chi connectivity index (χ3n) is 6.28. The Hall–Kier alpha value is -3.74. The van der Waals surface area contributed by atoms with Gasteiger partial charge in [-0.2, -0.15) is 0 Å². The molecule has 2 amide bonds. The van der Waals surface area contributed by atoms with Crippen molar-refractivity contribution in [1.82, 2.24) is 10.2 Å². The molecule has 194 valence electrons. The van der Waals surface area contributed by atoms with E-state index in [9.17, 15) is 34.2 Å². The van der Waals surface area contributed by atoms with Crippen LogP contribution in [-0.2, 0) is 32.1 Å². The third kappa shape index (κ3) is 5.50. The maximum absolute atomic E-state index is 13.2. The number of nitrogens with zero attached hydrogens (tertiary/aromatic N) is 2. The smallest absolute Gasteiger partial charge is 0.360 e. The van der Waals surface area contributed by atoms with Gasteiger partial charge in [-0.15, -0.1) is 0 Å². The molecule has 2 aromatic rings. The maximum atomic E-state index is 13.2. The van der Waals surface area contributed by atoms with Gasteiger partial charge in [-0.3, -0.25) is 24.6 Å². The minimum atomic E-state index is -1.71. The number of hydrogen-bond donors (Lipinski definition) is 2. The summed E-state index contributed by atoms with van der Waals surface area (Å²) in [7, 11) is 0. The van der Waals surface area contributed by atoms with Crippen molar-refractivity contribution in [3.05, 3.63) is 86.4 Å². The molecule has 2 heterocycles. The number of benzene rings is 2. The van der Waals surface area contributed by atoms with Crippen LogP contribution in [0.3, 0.4) is 0 Å². The van der Waals surface area contributed by atoms with Gasteiger partial charge in [0.1, 0.15) is 12.4 Å². The molecule has 1 fully saturated rings. The number of aliphatic hydroxyl groups excluding tert-OH is 1. The van der Waals surface area contributed by atoms with E-state index in [0.29, 0.717) is 11.1 Å². The van der Waals surface area contributed by atoms with Crippen molar-refractivity contribution in [2.45, 2.75) is 32.1 Å². The number of carbonyl (C=O) groups is 3. The summed E-state index contributed by atoms with van der Waals surface area (Å²) in [6, 6.07) is 13.5. The number of amides is 2. The van der Waals surface area contributed by atoms with E-state index in [-0.39, 0.29) is 47.5 Å². The Morgan fingerprint density at radius 2 is 1.89 bits per heavy atom. The molecule has 0 aliphatic carbocycles. The number of ether oxygens (including phenoxy) is 1. The average Bonchev–Trinajstić information content (AvgIpc) is 3.22. The highest BCUT2D eigenvalue weighted by Gasteiger charge is 2.59. The van der Waals surface area contributed by atoms with E-state index in [1.807, 2.05) is 0 Å². The Bertz CT molecular complexity index is 1230. The van der Waals surface area contributed by atoms with Crippen molar-refractivity contribution in [2.75, 3.05) is 12.3 Å². The number of aliphatic hydroxyl groups is 1. The van der Waals surface area contributed by atoms with E-state index in [2.05, 4.69) is 5.32 Å². The van der Waals surface area contributed by atoms with Gasteiger partial charge >= 0.3 is 5.97 Å². The highest BCUT2D eigenvalue weighted by molar-refractivity contribution is 7.95. The van der Waals surface area contributed by atoms with Crippen molar-refractivity contribution in [2.24, 2.45) is 5.92 Å². The largest absolute Gasteiger partial charge is 0.612 e. The SMILES string of the molecule is CC(O)C1C(=O)N2C(C(=O)OCc3ccc([N+](=O)[O-])cc3)=C([S+]([O-])CCNC(=O)c3ccccc3)CC12. The average molecular weight is 528 g/mol. The first-order chi connectivity index (χ1) is 17.7. The van der Waals surface area contributed by atoms with Crippen molar-refractivity contribution in [3.63, 3.8) is 0 Å². The number of rotatable bonds is 10. The fraction of sp³-hybridized carbons (Fsp3) is 0.320. The maximum Gasteiger partial charge on any atom is 0.360 e. The number of nitrogens with one attached hydrogen (secondary N) is 1. The predicted octanol–water partition coefficient (Wildman–Crippen LogP) is 1.64. The topological polar surface area (TPSA) is 162 Å². The van der Waals surface area contributed by atoms with Crippen molar-refractivity contribution in [3.8, 4) is 0 Å². The standard InChI is InChI=1S/C25H25N3O8S/c1-15(29)21-19-13-20(37(35)12-11-26-23(30)17-5-3-2-4-6-17)22(27(19)24(21)31)25(32)36-14-16-7-9-18(10-8-16)28(33)34/h2-10,15,19,21,29H,11-14H2,1H3,(H,26,30). The van der Waals surface area contributed by atoms with E-state index in [0.717, 1.165) is 0 Å². The summed E-state index contributed by atoms with van der Waals surface area (Å²) in [5, 5.41) is 23.5. The highest BCUT2D eigenvalue weighted by atomic mass is 32.2. The zero-order chi connectivity index (χ0) is 26.7. The fourth-order valence-electron chi connectivity index (χ4n) is 4.43. The molecule has 4 unspecified atom stereocenters. The van der Waals surface area contributed by atoms with Crippen LogP contribution in [0, 0.1) is 16.0 Å². The molecular weight excluding hydrogens is 502 g/mol. The molecule has 4 atom stereocenters. The van der Waals surface area contributed by atoms with Crippen LogP contribution in [0.1, 0.15) is 29.3 Å². The normalized spacial score (nSPS) is 20.1. The Kier molecular flexibility index (Phi) is 7.91. The van der Waals surface area contributed by atoms with Gasteiger partial charge in [-0.1, -0.05) is 18.2 Å². The van der Waals surface area contributed by atoms with Crippen LogP contribution in [0.2, 0.25) is 0 Å². The number of carbonyl (C=O) groups excluding carboxylic acids is 3. The molecule has 2 aliphatic rings. The minimum absolute atomic E-state index is 0.0150. The molecule has 0 bridgehead atoms. The van der Waals surface area contributed by atoms with Crippen LogP contribution >= 0.6 is 0 Å². The predicted molar refractivity (Wildman–Crippen MR) is 132 cm³/mol. The Labute approximate surface area is 215 Å². The minimum Gasteiger partial charge on any atom is -0.612 e. The molecule has 4 rings (SSSR count). The summed E-state index contributed by atoms with van der Waals surface area (Å²) in [6.45, 7) is 1.36. The summed E-state index contributed by atoms with van der Waals surface area (Å²) >= 11 is -1.71. The number of non-ortho nitro benzene ring substituents is 1. The first kappa shape index (κ1) is 26.3.